The van der Waals surface area contributed by atoms with Crippen LogP contribution in [0.1, 0.15) is 12.0 Å². The molecule has 1 unspecified atom stereocenters. The molecule has 37 heavy (non-hydrogen) atoms. The SMILES string of the molecule is CN(C)c1cc(Cl)c(Sc2nnnn2CC(=O)C(CC(=O)O)NC(=O)SCCc2ccccc2)c(Cl)c1. The smallest absolute Gasteiger partial charge is 0.305 e. The number of anilines is 1. The minimum Gasteiger partial charge on any atom is -0.481 e. The van der Waals surface area contributed by atoms with Gasteiger partial charge in [0.05, 0.1) is 21.4 Å². The van der Waals surface area contributed by atoms with Gasteiger partial charge in [0.25, 0.3) is 5.24 Å². The van der Waals surface area contributed by atoms with Gasteiger partial charge >= 0.3 is 5.97 Å². The summed E-state index contributed by atoms with van der Waals surface area (Å²) in [5.74, 6) is -1.31. The highest BCUT2D eigenvalue weighted by atomic mass is 35.5. The van der Waals surface area contributed by atoms with Gasteiger partial charge in [-0.15, -0.1) is 5.10 Å². The van der Waals surface area contributed by atoms with Gasteiger partial charge in [0, 0.05) is 25.5 Å². The number of carbonyl (C=O) groups is 3. The fourth-order valence-electron chi connectivity index (χ4n) is 3.13. The van der Waals surface area contributed by atoms with Crippen LogP contribution in [0.4, 0.5) is 10.5 Å². The average molecular weight is 584 g/mol. The first-order chi connectivity index (χ1) is 17.6. The first-order valence-corrected chi connectivity index (χ1v) is 13.5. The zero-order valence-electron chi connectivity index (χ0n) is 19.9. The predicted octanol–water partition coefficient (Wildman–Crippen LogP) is 4.30. The second kappa shape index (κ2) is 13.7. The summed E-state index contributed by atoms with van der Waals surface area (Å²) in [7, 11) is 3.71. The third kappa shape index (κ3) is 8.63. The number of nitrogens with zero attached hydrogens (tertiary/aromatic N) is 5. The molecule has 196 valence electrons. The Morgan fingerprint density at radius 3 is 2.43 bits per heavy atom. The van der Waals surface area contributed by atoms with Crippen LogP contribution in [0.25, 0.3) is 0 Å². The lowest BCUT2D eigenvalue weighted by molar-refractivity contribution is -0.139. The van der Waals surface area contributed by atoms with Crippen molar-refractivity contribution in [2.24, 2.45) is 0 Å². The summed E-state index contributed by atoms with van der Waals surface area (Å²) in [5, 5.41) is 23.7. The van der Waals surface area contributed by atoms with Crippen LogP contribution in [0, 0.1) is 0 Å². The third-order valence-corrected chi connectivity index (χ3v) is 7.75. The molecular weight excluding hydrogens is 559 g/mol. The van der Waals surface area contributed by atoms with Gasteiger partial charge in [-0.25, -0.2) is 4.68 Å². The van der Waals surface area contributed by atoms with Crippen LogP contribution in [-0.4, -0.2) is 68.2 Å². The summed E-state index contributed by atoms with van der Waals surface area (Å²) in [6.45, 7) is -0.354. The number of aryl methyl sites for hydroxylation is 1. The maximum Gasteiger partial charge on any atom is 0.305 e. The summed E-state index contributed by atoms with van der Waals surface area (Å²) in [6.07, 6.45) is 0.0837. The summed E-state index contributed by atoms with van der Waals surface area (Å²) >= 11 is 14.9. The van der Waals surface area contributed by atoms with Crippen molar-refractivity contribution in [3.63, 3.8) is 0 Å². The van der Waals surface area contributed by atoms with Crippen molar-refractivity contribution in [1.29, 1.82) is 0 Å². The molecule has 0 radical (unpaired) electrons. The Labute approximate surface area is 232 Å². The number of amides is 1. The lowest BCUT2D eigenvalue weighted by Crippen LogP contribution is -2.42. The number of carboxylic acids is 1. The second-order valence-corrected chi connectivity index (χ2v) is 10.8. The molecule has 0 saturated heterocycles. The molecule has 1 aromatic heterocycles. The number of Topliss-reactive ketones (excluding diaryl/α,β-unsaturated/α-hetero) is 1. The molecule has 3 rings (SSSR count). The summed E-state index contributed by atoms with van der Waals surface area (Å²) < 4.78 is 1.21. The molecule has 1 atom stereocenters. The first-order valence-electron chi connectivity index (χ1n) is 11.0. The van der Waals surface area contributed by atoms with Gasteiger partial charge in [-0.05, 0) is 46.3 Å². The van der Waals surface area contributed by atoms with Crippen molar-refractivity contribution in [3.05, 3.63) is 58.1 Å². The van der Waals surface area contributed by atoms with E-state index in [-0.39, 0.29) is 11.7 Å². The van der Waals surface area contributed by atoms with Gasteiger partial charge in [0.2, 0.25) is 5.16 Å². The molecule has 1 heterocycles. The van der Waals surface area contributed by atoms with Crippen LogP contribution in [-0.2, 0) is 22.6 Å². The standard InChI is InChI=1S/C23H24Cl2N6O4S2/c1-30(2)15-10-16(24)21(17(25)11-15)37-22-27-28-29-31(22)13-19(32)18(12-20(33)34)26-23(35)36-9-8-14-6-4-3-5-7-14/h3-7,10-11,18H,8-9,12-13H2,1-2H3,(H,26,35)(H,33,34). The van der Waals surface area contributed by atoms with E-state index in [1.165, 1.54) is 4.68 Å². The molecule has 3 aromatic rings. The molecule has 14 heteroatoms. The molecular formula is C23H24Cl2N6O4S2. The number of carbonyl (C=O) groups excluding carboxylic acids is 2. The van der Waals surface area contributed by atoms with Gasteiger partial charge in [0.15, 0.2) is 5.78 Å². The Morgan fingerprint density at radius 2 is 1.81 bits per heavy atom. The van der Waals surface area contributed by atoms with E-state index < -0.39 is 29.5 Å². The van der Waals surface area contributed by atoms with Gasteiger partial charge < -0.3 is 15.3 Å². The highest BCUT2D eigenvalue weighted by Gasteiger charge is 2.26. The Morgan fingerprint density at radius 1 is 1.14 bits per heavy atom. The van der Waals surface area contributed by atoms with Crippen molar-refractivity contribution in [2.45, 2.75) is 35.5 Å². The van der Waals surface area contributed by atoms with Crippen LogP contribution < -0.4 is 10.2 Å². The number of hydrogen-bond acceptors (Lipinski definition) is 9. The van der Waals surface area contributed by atoms with Crippen LogP contribution in [0.15, 0.2) is 52.5 Å². The van der Waals surface area contributed by atoms with E-state index >= 15 is 0 Å². The topological polar surface area (TPSA) is 130 Å². The summed E-state index contributed by atoms with van der Waals surface area (Å²) in [6, 6.07) is 11.9. The molecule has 1 amide bonds. The number of rotatable bonds is 12. The largest absolute Gasteiger partial charge is 0.481 e. The third-order valence-electron chi connectivity index (χ3n) is 5.02. The predicted molar refractivity (Wildman–Crippen MR) is 145 cm³/mol. The Balaban J connectivity index is 1.65. The minimum absolute atomic E-state index is 0.229. The van der Waals surface area contributed by atoms with Crippen molar-refractivity contribution in [3.8, 4) is 0 Å². The number of tetrazole rings is 1. The van der Waals surface area contributed by atoms with Crippen molar-refractivity contribution in [2.75, 3.05) is 24.7 Å². The van der Waals surface area contributed by atoms with Crippen LogP contribution in [0.3, 0.4) is 0 Å². The van der Waals surface area contributed by atoms with Crippen LogP contribution in [0.2, 0.25) is 10.0 Å². The molecule has 0 bridgehead atoms. The van der Waals surface area contributed by atoms with E-state index in [0.29, 0.717) is 27.1 Å². The zero-order chi connectivity index (χ0) is 26.9. The van der Waals surface area contributed by atoms with Gasteiger partial charge in [-0.2, -0.15) is 0 Å². The maximum absolute atomic E-state index is 13.0. The van der Waals surface area contributed by atoms with Gasteiger partial charge in [-0.3, -0.25) is 14.4 Å². The Kier molecular flexibility index (Phi) is 10.6. The molecule has 0 aliphatic carbocycles. The molecule has 0 saturated carbocycles. The van der Waals surface area contributed by atoms with Crippen molar-refractivity contribution < 1.29 is 19.5 Å². The Hall–Kier alpha value is -2.80. The molecule has 0 aliphatic heterocycles. The molecule has 10 nitrogen and oxygen atoms in total. The maximum atomic E-state index is 13.0. The number of aromatic nitrogens is 4. The molecule has 2 N–H and O–H groups in total. The lowest BCUT2D eigenvalue weighted by atomic mass is 10.1. The monoisotopic (exact) mass is 582 g/mol. The van der Waals surface area contributed by atoms with Crippen molar-refractivity contribution >= 4 is 69.4 Å². The quantitative estimate of drug-likeness (QED) is 0.318. The van der Waals surface area contributed by atoms with E-state index in [2.05, 4.69) is 20.8 Å². The zero-order valence-corrected chi connectivity index (χ0v) is 23.1. The number of carboxylic acid groups (broad SMARTS) is 1. The number of hydrogen-bond donors (Lipinski definition) is 2. The number of aliphatic carboxylic acids is 1. The lowest BCUT2D eigenvalue weighted by Gasteiger charge is -2.16. The normalized spacial score (nSPS) is 11.7. The highest BCUT2D eigenvalue weighted by molar-refractivity contribution is 8.13. The van der Waals surface area contributed by atoms with Crippen LogP contribution >= 0.6 is 46.7 Å². The van der Waals surface area contributed by atoms with Crippen LogP contribution in [0.5, 0.6) is 0 Å². The number of nitrogens with one attached hydrogen (secondary N) is 1. The first kappa shape index (κ1) is 28.8. The van der Waals surface area contributed by atoms with Gasteiger partial charge in [-0.1, -0.05) is 65.3 Å². The van der Waals surface area contributed by atoms with E-state index in [1.54, 1.807) is 12.1 Å². The summed E-state index contributed by atoms with van der Waals surface area (Å²) in [5.41, 5.74) is 1.88. The van der Waals surface area contributed by atoms with E-state index in [9.17, 15) is 19.5 Å². The van der Waals surface area contributed by atoms with E-state index in [4.69, 9.17) is 23.2 Å². The average Bonchev–Trinajstić information content (AvgIpc) is 3.27. The fraction of sp³-hybridized carbons (Fsp3) is 0.304. The number of thioether (sulfide) groups is 1. The van der Waals surface area contributed by atoms with Gasteiger partial charge in [0.1, 0.15) is 12.6 Å². The number of benzene rings is 2. The Bertz CT molecular complexity index is 1240. The fourth-order valence-corrected chi connectivity index (χ4v) is 5.37. The van der Waals surface area contributed by atoms with E-state index in [1.807, 2.05) is 49.3 Å². The second-order valence-electron chi connectivity index (χ2n) is 7.99. The molecule has 0 aliphatic rings. The number of ketones is 1. The molecule has 2 aromatic carbocycles. The molecule has 0 fully saturated rings. The highest BCUT2D eigenvalue weighted by Crippen LogP contribution is 2.40. The summed E-state index contributed by atoms with van der Waals surface area (Å²) in [4.78, 5) is 39.1. The van der Waals surface area contributed by atoms with Crippen molar-refractivity contribution in [1.82, 2.24) is 25.5 Å². The molecule has 0 spiro atoms. The minimum atomic E-state index is -1.25. The van der Waals surface area contributed by atoms with E-state index in [0.717, 1.165) is 34.8 Å². The number of halogens is 2.